The van der Waals surface area contributed by atoms with Crippen LogP contribution in [0, 0.1) is 0 Å². The molecule has 11 heteroatoms. The molecule has 0 aromatic heterocycles. The van der Waals surface area contributed by atoms with Crippen LogP contribution in [0.5, 0.6) is 0 Å². The minimum Gasteiger partial charge on any atom is -0.455 e. The van der Waals surface area contributed by atoms with Gasteiger partial charge in [0.05, 0.1) is 4.75 Å². The van der Waals surface area contributed by atoms with Gasteiger partial charge >= 0.3 is 17.9 Å². The highest BCUT2D eigenvalue weighted by atomic mass is 32.2. The van der Waals surface area contributed by atoms with Gasteiger partial charge in [-0.3, -0.25) is 14.4 Å². The van der Waals surface area contributed by atoms with Crippen LogP contribution in [0.25, 0.3) is 0 Å². The number of carbonyl (C=O) groups is 3. The Hall–Kier alpha value is -1.72. The summed E-state index contributed by atoms with van der Waals surface area (Å²) in [6, 6.07) is 0. The molecule has 0 unspecified atom stereocenters. The van der Waals surface area contributed by atoms with E-state index in [1.165, 1.54) is 38.7 Å². The van der Waals surface area contributed by atoms with Gasteiger partial charge in [-0.05, 0) is 45.8 Å². The van der Waals surface area contributed by atoms with Crippen LogP contribution in [0.2, 0.25) is 0 Å². The number of thioether (sulfide) groups is 1. The molecule has 0 spiro atoms. The summed E-state index contributed by atoms with van der Waals surface area (Å²) in [7, 11) is -1.59. The first-order chi connectivity index (χ1) is 15.4. The molecule has 1 saturated heterocycles. The molecule has 1 aliphatic rings. The molecule has 0 radical (unpaired) electrons. The monoisotopic (exact) mass is 505 g/mol. The van der Waals surface area contributed by atoms with Crippen molar-refractivity contribution >= 4 is 46.9 Å². The largest absolute Gasteiger partial charge is 0.455 e. The summed E-state index contributed by atoms with van der Waals surface area (Å²) in [6.07, 6.45) is 1.55. The Kier molecular flexibility index (Phi) is 12.3. The molecular weight excluding hydrogens is 470 g/mol. The number of hydrogen-bond acceptors (Lipinski definition) is 9. The van der Waals surface area contributed by atoms with E-state index in [0.717, 1.165) is 19.3 Å². The molecular formula is C22H35NO8S2. The standard InChI is InChI=1S/C22H35NO8S2/c1-8-9-10-11-12-32-21-20(30-16(4)26)19(29-15(3)25)18(28-14(2)24)17(31-21)13-23-33(27)22(5,6)7/h8,13,17-21H,1,9-12H2,2-7H3/b23-13+/t17-,18+,19+,20-,21-,33-/m1/s1. The van der Waals surface area contributed by atoms with E-state index in [1.807, 2.05) is 6.08 Å². The van der Waals surface area contributed by atoms with Crippen molar-refractivity contribution in [3.05, 3.63) is 12.7 Å². The van der Waals surface area contributed by atoms with Gasteiger partial charge in [0.25, 0.3) is 0 Å². The second kappa shape index (κ2) is 13.9. The van der Waals surface area contributed by atoms with Crippen LogP contribution in [0.3, 0.4) is 0 Å². The smallest absolute Gasteiger partial charge is 0.303 e. The maximum Gasteiger partial charge on any atom is 0.303 e. The summed E-state index contributed by atoms with van der Waals surface area (Å²) in [5.41, 5.74) is -0.728. The van der Waals surface area contributed by atoms with Gasteiger partial charge in [0, 0.05) is 27.0 Å². The van der Waals surface area contributed by atoms with E-state index in [9.17, 15) is 18.6 Å². The van der Waals surface area contributed by atoms with Crippen molar-refractivity contribution in [3.8, 4) is 0 Å². The van der Waals surface area contributed by atoms with Gasteiger partial charge in [0.15, 0.2) is 18.3 Å². The van der Waals surface area contributed by atoms with E-state index in [1.54, 1.807) is 20.8 Å². The highest BCUT2D eigenvalue weighted by Gasteiger charge is 2.51. The topological polar surface area (TPSA) is 118 Å². The lowest BCUT2D eigenvalue weighted by atomic mass is 9.99. The third kappa shape index (κ3) is 10.4. The Morgan fingerprint density at radius 1 is 1.00 bits per heavy atom. The molecule has 0 aromatic rings. The SMILES string of the molecule is C=CCCCCS[C@H]1O[C@H](/C=N/[S@](=O)C(C)(C)C)[C@H](OC(C)=O)[C@H](OC(C)=O)[C@H]1OC(C)=O. The number of carbonyl (C=O) groups excluding carboxylic acids is 3. The fourth-order valence-electron chi connectivity index (χ4n) is 2.92. The highest BCUT2D eigenvalue weighted by Crippen LogP contribution is 2.34. The first-order valence-corrected chi connectivity index (χ1v) is 12.9. The Morgan fingerprint density at radius 3 is 2.06 bits per heavy atom. The predicted octanol–water partition coefficient (Wildman–Crippen LogP) is 3.13. The third-order valence-corrected chi connectivity index (χ3v) is 6.94. The normalized spacial score (nSPS) is 26.4. The number of ether oxygens (including phenoxy) is 4. The van der Waals surface area contributed by atoms with Gasteiger partial charge in [-0.15, -0.1) is 18.3 Å². The molecule has 33 heavy (non-hydrogen) atoms. The van der Waals surface area contributed by atoms with Gasteiger partial charge < -0.3 is 18.9 Å². The van der Waals surface area contributed by atoms with E-state index in [2.05, 4.69) is 11.0 Å². The molecule has 0 bridgehead atoms. The van der Waals surface area contributed by atoms with Crippen molar-refractivity contribution in [3.63, 3.8) is 0 Å². The summed E-state index contributed by atoms with van der Waals surface area (Å²) in [4.78, 5) is 35.5. The zero-order chi connectivity index (χ0) is 25.2. The van der Waals surface area contributed by atoms with Crippen molar-refractivity contribution in [2.24, 2.45) is 4.40 Å². The Labute approximate surface area is 202 Å². The fraction of sp³-hybridized carbons (Fsp3) is 0.727. The molecule has 9 nitrogen and oxygen atoms in total. The summed E-state index contributed by atoms with van der Waals surface area (Å²) in [5, 5.41) is 0. The lowest BCUT2D eigenvalue weighted by Crippen LogP contribution is -2.61. The summed E-state index contributed by atoms with van der Waals surface area (Å²) in [5.74, 6) is -1.20. The van der Waals surface area contributed by atoms with Crippen LogP contribution in [0.1, 0.15) is 60.8 Å². The van der Waals surface area contributed by atoms with Gasteiger partial charge in [0.1, 0.15) is 22.5 Å². The van der Waals surface area contributed by atoms with Crippen molar-refractivity contribution in [1.29, 1.82) is 0 Å². The van der Waals surface area contributed by atoms with Gasteiger partial charge in [0.2, 0.25) is 0 Å². The zero-order valence-corrected chi connectivity index (χ0v) is 21.7. The molecule has 6 atom stereocenters. The second-order valence-corrected chi connectivity index (χ2v) is 11.6. The Bertz CT molecular complexity index is 749. The first-order valence-electron chi connectivity index (χ1n) is 10.7. The molecule has 1 aliphatic heterocycles. The predicted molar refractivity (Wildman–Crippen MR) is 128 cm³/mol. The summed E-state index contributed by atoms with van der Waals surface area (Å²) < 4.78 is 38.4. The van der Waals surface area contributed by atoms with Crippen LogP contribution in [-0.4, -0.2) is 68.7 Å². The average Bonchev–Trinajstić information content (AvgIpc) is 2.68. The molecule has 0 amide bonds. The van der Waals surface area contributed by atoms with E-state index < -0.39 is 63.5 Å². The van der Waals surface area contributed by atoms with Crippen molar-refractivity contribution in [2.75, 3.05) is 5.75 Å². The van der Waals surface area contributed by atoms with E-state index in [0.29, 0.717) is 5.75 Å². The number of allylic oxidation sites excluding steroid dienone is 1. The molecule has 0 aromatic carbocycles. The summed E-state index contributed by atoms with van der Waals surface area (Å²) in [6.45, 7) is 12.7. The van der Waals surface area contributed by atoms with Crippen LogP contribution in [0.15, 0.2) is 17.1 Å². The molecule has 1 heterocycles. The number of hydrogen-bond donors (Lipinski definition) is 0. The fourth-order valence-corrected chi connectivity index (χ4v) is 4.68. The molecule has 0 saturated carbocycles. The maximum absolute atomic E-state index is 12.4. The molecule has 188 valence electrons. The van der Waals surface area contributed by atoms with Gasteiger partial charge in [-0.1, -0.05) is 6.08 Å². The van der Waals surface area contributed by atoms with Gasteiger partial charge in [-0.25, -0.2) is 4.21 Å². The number of unbranched alkanes of at least 4 members (excludes halogenated alkanes) is 2. The minimum atomic E-state index is -1.59. The lowest BCUT2D eigenvalue weighted by molar-refractivity contribution is -0.221. The van der Waals surface area contributed by atoms with Crippen LogP contribution in [0.4, 0.5) is 0 Å². The van der Waals surface area contributed by atoms with Crippen LogP contribution < -0.4 is 0 Å². The van der Waals surface area contributed by atoms with Gasteiger partial charge in [-0.2, -0.15) is 4.40 Å². The number of rotatable bonds is 11. The van der Waals surface area contributed by atoms with E-state index in [4.69, 9.17) is 18.9 Å². The molecule has 1 rings (SSSR count). The third-order valence-electron chi connectivity index (χ3n) is 4.35. The van der Waals surface area contributed by atoms with Crippen LogP contribution >= 0.6 is 11.8 Å². The maximum atomic E-state index is 12.4. The number of nitrogens with zero attached hydrogens (tertiary/aromatic N) is 1. The van der Waals surface area contributed by atoms with E-state index >= 15 is 0 Å². The quantitative estimate of drug-likeness (QED) is 0.137. The van der Waals surface area contributed by atoms with E-state index in [-0.39, 0.29) is 0 Å². The molecule has 1 fully saturated rings. The minimum absolute atomic E-state index is 0.597. The van der Waals surface area contributed by atoms with Crippen molar-refractivity contribution < 1.29 is 37.5 Å². The van der Waals surface area contributed by atoms with Crippen LogP contribution in [-0.2, 0) is 44.3 Å². The molecule has 0 N–H and O–H groups in total. The second-order valence-electron chi connectivity index (χ2n) is 8.46. The first kappa shape index (κ1) is 29.3. The highest BCUT2D eigenvalue weighted by molar-refractivity contribution is 7.99. The molecule has 0 aliphatic carbocycles. The Morgan fingerprint density at radius 2 is 1.55 bits per heavy atom. The summed E-state index contributed by atoms with van der Waals surface area (Å²) >= 11 is 1.39. The Balaban J connectivity index is 3.30. The van der Waals surface area contributed by atoms with Crippen molar-refractivity contribution in [1.82, 2.24) is 0 Å². The number of esters is 3. The lowest BCUT2D eigenvalue weighted by Gasteiger charge is -2.43. The average molecular weight is 506 g/mol. The van der Waals surface area contributed by atoms with Crippen molar-refractivity contribution in [2.45, 2.75) is 95.4 Å². The zero-order valence-electron chi connectivity index (χ0n) is 20.1.